The molecule has 2 rings (SSSR count). The van der Waals surface area contributed by atoms with Gasteiger partial charge in [0.25, 0.3) is 5.78 Å². The van der Waals surface area contributed by atoms with Crippen LogP contribution < -0.4 is 0 Å². The van der Waals surface area contributed by atoms with Crippen molar-refractivity contribution in [1.29, 1.82) is 0 Å². The van der Waals surface area contributed by atoms with Crippen molar-refractivity contribution in [3.05, 3.63) is 34.9 Å². The summed E-state index contributed by atoms with van der Waals surface area (Å²) in [6.45, 7) is -0.510. The van der Waals surface area contributed by atoms with Gasteiger partial charge < -0.3 is 10.0 Å². The molecule has 1 aromatic carbocycles. The molecule has 0 atom stereocenters. The van der Waals surface area contributed by atoms with E-state index in [-0.39, 0.29) is 18.7 Å². The van der Waals surface area contributed by atoms with Crippen LogP contribution in [0.25, 0.3) is 0 Å². The zero-order valence-corrected chi connectivity index (χ0v) is 9.90. The molecule has 20 heavy (non-hydrogen) atoms. The van der Waals surface area contributed by atoms with Crippen molar-refractivity contribution in [3.63, 3.8) is 0 Å². The standard InChI is InChI=1S/C12H8F3NO4/c13-12(14,15)11(20)16-4-7-2-1-6(3-8(7)5-16)9(17)10(18)19/h1-3H,4-5H2,(H,18,19). The average Bonchev–Trinajstić information content (AvgIpc) is 2.77. The predicted octanol–water partition coefficient (Wildman–Crippen LogP) is 1.36. The van der Waals surface area contributed by atoms with Crippen molar-refractivity contribution in [2.75, 3.05) is 0 Å². The molecule has 0 saturated heterocycles. The highest BCUT2D eigenvalue weighted by Gasteiger charge is 2.44. The van der Waals surface area contributed by atoms with Gasteiger partial charge in [0.15, 0.2) is 0 Å². The Morgan fingerprint density at radius 1 is 1.10 bits per heavy atom. The van der Waals surface area contributed by atoms with Gasteiger partial charge in [-0.15, -0.1) is 0 Å². The van der Waals surface area contributed by atoms with Crippen molar-refractivity contribution in [1.82, 2.24) is 4.90 Å². The highest BCUT2D eigenvalue weighted by atomic mass is 19.4. The Labute approximate surface area is 110 Å². The van der Waals surface area contributed by atoms with Crippen LogP contribution in [0.5, 0.6) is 0 Å². The minimum atomic E-state index is -4.96. The van der Waals surface area contributed by atoms with E-state index in [0.717, 1.165) is 0 Å². The van der Waals surface area contributed by atoms with Crippen LogP contribution in [0, 0.1) is 0 Å². The normalized spacial score (nSPS) is 14.1. The smallest absolute Gasteiger partial charge is 0.471 e. The van der Waals surface area contributed by atoms with Gasteiger partial charge in [0.1, 0.15) is 0 Å². The van der Waals surface area contributed by atoms with Gasteiger partial charge in [-0.2, -0.15) is 13.2 Å². The number of carbonyl (C=O) groups is 3. The van der Waals surface area contributed by atoms with E-state index in [9.17, 15) is 27.6 Å². The summed E-state index contributed by atoms with van der Waals surface area (Å²) in [4.78, 5) is 33.5. The van der Waals surface area contributed by atoms with Gasteiger partial charge >= 0.3 is 18.1 Å². The predicted molar refractivity (Wildman–Crippen MR) is 58.7 cm³/mol. The Kier molecular flexibility index (Phi) is 3.24. The number of alkyl halides is 3. The quantitative estimate of drug-likeness (QED) is 0.658. The van der Waals surface area contributed by atoms with E-state index in [0.29, 0.717) is 16.0 Å². The lowest BCUT2D eigenvalue weighted by atomic mass is 10.0. The Morgan fingerprint density at radius 2 is 1.70 bits per heavy atom. The number of carbonyl (C=O) groups excluding carboxylic acids is 2. The molecule has 1 N–H and O–H groups in total. The second-order valence-corrected chi connectivity index (χ2v) is 4.28. The number of hydrogen-bond acceptors (Lipinski definition) is 3. The van der Waals surface area contributed by atoms with Gasteiger partial charge in [0.2, 0.25) is 0 Å². The maximum atomic E-state index is 12.3. The monoisotopic (exact) mass is 287 g/mol. The summed E-state index contributed by atoms with van der Waals surface area (Å²) < 4.78 is 36.9. The molecule has 0 spiro atoms. The van der Waals surface area contributed by atoms with Gasteiger partial charge in [0, 0.05) is 18.7 Å². The second kappa shape index (κ2) is 4.62. The first-order valence-corrected chi connectivity index (χ1v) is 5.45. The number of nitrogens with zero attached hydrogens (tertiary/aromatic N) is 1. The second-order valence-electron chi connectivity index (χ2n) is 4.28. The fourth-order valence-electron chi connectivity index (χ4n) is 1.98. The van der Waals surface area contributed by atoms with E-state index < -0.39 is 23.8 Å². The fraction of sp³-hybridized carbons (Fsp3) is 0.250. The summed E-state index contributed by atoms with van der Waals surface area (Å²) in [5.74, 6) is -4.75. The molecule has 1 aliphatic rings. The summed E-state index contributed by atoms with van der Waals surface area (Å²) in [7, 11) is 0. The number of ketones is 1. The maximum Gasteiger partial charge on any atom is 0.471 e. The number of rotatable bonds is 2. The van der Waals surface area contributed by atoms with Crippen LogP contribution in [-0.4, -0.2) is 33.8 Å². The molecule has 0 aromatic heterocycles. The van der Waals surface area contributed by atoms with Gasteiger partial charge in [-0.3, -0.25) is 9.59 Å². The largest absolute Gasteiger partial charge is 0.475 e. The molecule has 0 saturated carbocycles. The van der Waals surface area contributed by atoms with Crippen molar-refractivity contribution in [2.45, 2.75) is 19.3 Å². The number of Topliss-reactive ketones (excluding diaryl/α,β-unsaturated/α-hetero) is 1. The zero-order valence-electron chi connectivity index (χ0n) is 9.90. The number of fused-ring (bicyclic) bond motifs is 1. The van der Waals surface area contributed by atoms with Crippen molar-refractivity contribution in [2.24, 2.45) is 0 Å². The molecule has 1 aromatic rings. The average molecular weight is 287 g/mol. The van der Waals surface area contributed by atoms with Crippen molar-refractivity contribution >= 4 is 17.7 Å². The highest BCUT2D eigenvalue weighted by Crippen LogP contribution is 2.28. The maximum absolute atomic E-state index is 12.3. The number of amides is 1. The summed E-state index contributed by atoms with van der Waals surface area (Å²) >= 11 is 0. The molecule has 0 unspecified atom stereocenters. The van der Waals surface area contributed by atoms with Crippen LogP contribution in [0.15, 0.2) is 18.2 Å². The Hall–Kier alpha value is -2.38. The first kappa shape index (κ1) is 14.0. The fourth-order valence-corrected chi connectivity index (χ4v) is 1.98. The Morgan fingerprint density at radius 3 is 2.25 bits per heavy atom. The molecule has 1 amide bonds. The van der Waals surface area contributed by atoms with E-state index in [1.54, 1.807) is 0 Å². The lowest BCUT2D eigenvalue weighted by Gasteiger charge is -2.16. The number of carboxylic acid groups (broad SMARTS) is 1. The Bertz CT molecular complexity index is 609. The molecule has 0 radical (unpaired) electrons. The van der Waals surface area contributed by atoms with E-state index >= 15 is 0 Å². The van der Waals surface area contributed by atoms with Gasteiger partial charge in [-0.25, -0.2) is 4.79 Å². The summed E-state index contributed by atoms with van der Waals surface area (Å²) in [5.41, 5.74) is 0.678. The molecular formula is C12H8F3NO4. The third kappa shape index (κ3) is 2.49. The number of hydrogen-bond donors (Lipinski definition) is 1. The summed E-state index contributed by atoms with van der Waals surface area (Å²) in [6.07, 6.45) is -4.96. The van der Waals surface area contributed by atoms with E-state index in [2.05, 4.69) is 0 Å². The Balaban J connectivity index is 2.24. The SMILES string of the molecule is O=C(O)C(=O)c1ccc2c(c1)CN(C(=O)C(F)(F)F)C2. The van der Waals surface area contributed by atoms with Crippen LogP contribution in [0.2, 0.25) is 0 Å². The van der Waals surface area contributed by atoms with Gasteiger partial charge in [-0.05, 0) is 17.2 Å². The lowest BCUT2D eigenvalue weighted by molar-refractivity contribution is -0.186. The zero-order chi connectivity index (χ0) is 15.1. The third-order valence-corrected chi connectivity index (χ3v) is 2.91. The molecule has 0 aliphatic carbocycles. The molecule has 5 nitrogen and oxygen atoms in total. The van der Waals surface area contributed by atoms with Crippen LogP contribution in [-0.2, 0) is 22.7 Å². The number of halogens is 3. The minimum absolute atomic E-state index is 0.127. The van der Waals surface area contributed by atoms with Crippen LogP contribution in [0.4, 0.5) is 13.2 Å². The molecule has 0 fully saturated rings. The molecule has 106 valence electrons. The van der Waals surface area contributed by atoms with E-state index in [1.807, 2.05) is 0 Å². The number of benzene rings is 1. The summed E-state index contributed by atoms with van der Waals surface area (Å²) in [6, 6.07) is 3.78. The molecular weight excluding hydrogens is 279 g/mol. The highest BCUT2D eigenvalue weighted by molar-refractivity contribution is 6.39. The first-order chi connectivity index (χ1) is 9.20. The summed E-state index contributed by atoms with van der Waals surface area (Å²) in [5, 5.41) is 8.57. The van der Waals surface area contributed by atoms with E-state index in [1.165, 1.54) is 18.2 Å². The molecule has 1 aliphatic heterocycles. The molecule has 8 heteroatoms. The van der Waals surface area contributed by atoms with Crippen LogP contribution in [0.3, 0.4) is 0 Å². The van der Waals surface area contributed by atoms with Crippen LogP contribution in [0.1, 0.15) is 21.5 Å². The first-order valence-electron chi connectivity index (χ1n) is 5.45. The molecule has 0 bridgehead atoms. The molecule has 1 heterocycles. The van der Waals surface area contributed by atoms with Crippen molar-refractivity contribution < 1.29 is 32.7 Å². The van der Waals surface area contributed by atoms with Crippen LogP contribution >= 0.6 is 0 Å². The minimum Gasteiger partial charge on any atom is -0.475 e. The third-order valence-electron chi connectivity index (χ3n) is 2.91. The lowest BCUT2D eigenvalue weighted by Crippen LogP contribution is -2.37. The van der Waals surface area contributed by atoms with Crippen molar-refractivity contribution in [3.8, 4) is 0 Å². The van der Waals surface area contributed by atoms with Gasteiger partial charge in [-0.1, -0.05) is 12.1 Å². The van der Waals surface area contributed by atoms with Gasteiger partial charge in [0.05, 0.1) is 0 Å². The number of carboxylic acids is 1. The topological polar surface area (TPSA) is 74.7 Å². The van der Waals surface area contributed by atoms with E-state index in [4.69, 9.17) is 5.11 Å². The number of aliphatic carboxylic acids is 1.